The fourth-order valence-corrected chi connectivity index (χ4v) is 5.17. The molecule has 2 fully saturated rings. The number of carbonyl (C=O) groups is 2. The van der Waals surface area contributed by atoms with Crippen molar-refractivity contribution in [2.24, 2.45) is 0 Å². The third kappa shape index (κ3) is 4.51. The molecule has 0 bridgehead atoms. The number of halogens is 1. The number of fused-ring (bicyclic) bond motifs is 1. The summed E-state index contributed by atoms with van der Waals surface area (Å²) < 4.78 is 22.8. The number of carbonyl (C=O) groups excluding carboxylic acids is 1. The van der Waals surface area contributed by atoms with Gasteiger partial charge in [-0.25, -0.2) is 9.18 Å². The quantitative estimate of drug-likeness (QED) is 0.485. The molecular weight excluding hydrogens is 491 g/mol. The van der Waals surface area contributed by atoms with Gasteiger partial charge < -0.3 is 19.3 Å². The highest BCUT2D eigenvalue weighted by Gasteiger charge is 2.32. The van der Waals surface area contributed by atoms with Gasteiger partial charge in [-0.05, 0) is 25.8 Å². The third-order valence-corrected chi connectivity index (χ3v) is 7.16. The number of amides is 1. The molecule has 5 rings (SSSR count). The largest absolute Gasteiger partial charge is 0.492 e. The highest BCUT2D eigenvalue weighted by Crippen LogP contribution is 2.43. The minimum Gasteiger partial charge on any atom is -0.492 e. The lowest BCUT2D eigenvalue weighted by molar-refractivity contribution is -0.117. The Balaban J connectivity index is 1.40. The van der Waals surface area contributed by atoms with Crippen molar-refractivity contribution < 1.29 is 23.8 Å². The van der Waals surface area contributed by atoms with Crippen molar-refractivity contribution in [3.05, 3.63) is 38.9 Å². The van der Waals surface area contributed by atoms with E-state index in [4.69, 9.17) is 4.74 Å². The maximum absolute atomic E-state index is 15.5. The number of piperazine rings is 1. The van der Waals surface area contributed by atoms with Crippen LogP contribution in [0.2, 0.25) is 0 Å². The molecule has 0 spiro atoms. The Bertz CT molecular complexity index is 1410. The van der Waals surface area contributed by atoms with Crippen molar-refractivity contribution >= 4 is 44.9 Å². The van der Waals surface area contributed by atoms with Crippen molar-refractivity contribution in [3.63, 3.8) is 0 Å². The van der Waals surface area contributed by atoms with E-state index in [2.05, 4.69) is 15.5 Å². The number of aromatic nitrogens is 3. The third-order valence-electron chi connectivity index (χ3n) is 6.40. The number of carboxylic acid groups (broad SMARTS) is 1. The van der Waals surface area contributed by atoms with Crippen LogP contribution < -0.4 is 20.4 Å². The molecule has 0 atom stereocenters. The second kappa shape index (κ2) is 9.47. The number of aryl methyl sites for hydroxylation is 1. The van der Waals surface area contributed by atoms with E-state index >= 15 is 4.39 Å². The zero-order valence-electron chi connectivity index (χ0n) is 19.8. The van der Waals surface area contributed by atoms with Crippen LogP contribution >= 0.6 is 11.3 Å². The number of benzene rings is 1. The van der Waals surface area contributed by atoms with Crippen LogP contribution in [0.3, 0.4) is 0 Å². The van der Waals surface area contributed by atoms with Crippen LogP contribution in [0.5, 0.6) is 5.75 Å². The van der Waals surface area contributed by atoms with Gasteiger partial charge in [-0.15, -0.1) is 10.2 Å². The second-order valence-corrected chi connectivity index (χ2v) is 10.1. The molecule has 0 unspecified atom stereocenters. The zero-order chi connectivity index (χ0) is 25.6. The number of ether oxygens (including phenoxy) is 1. The lowest BCUT2D eigenvalue weighted by Gasteiger charge is -2.36. The molecule has 3 aromatic rings. The molecule has 1 amide bonds. The maximum atomic E-state index is 15.5. The Morgan fingerprint density at radius 1 is 1.25 bits per heavy atom. The fourth-order valence-electron chi connectivity index (χ4n) is 4.56. The van der Waals surface area contributed by atoms with Crippen LogP contribution in [-0.2, 0) is 4.79 Å². The smallest absolute Gasteiger partial charge is 0.341 e. The average Bonchev–Trinajstić information content (AvgIpc) is 3.60. The topological polar surface area (TPSA) is 130 Å². The van der Waals surface area contributed by atoms with E-state index in [1.807, 2.05) is 16.7 Å². The van der Waals surface area contributed by atoms with Gasteiger partial charge in [0.1, 0.15) is 16.3 Å². The number of methoxy groups -OCH3 is 1. The van der Waals surface area contributed by atoms with Crippen molar-refractivity contribution in [2.45, 2.75) is 25.8 Å². The van der Waals surface area contributed by atoms with Gasteiger partial charge in [0, 0.05) is 38.4 Å². The fraction of sp³-hybridized carbons (Fsp3) is 0.435. The molecule has 11 nitrogen and oxygen atoms in total. The summed E-state index contributed by atoms with van der Waals surface area (Å²) in [6.07, 6.45) is 3.01. The summed E-state index contributed by atoms with van der Waals surface area (Å²) in [5, 5.41) is 21.2. The van der Waals surface area contributed by atoms with Gasteiger partial charge in [-0.2, -0.15) is 0 Å². The molecule has 1 saturated heterocycles. The summed E-state index contributed by atoms with van der Waals surface area (Å²) in [6, 6.07) is 1.15. The molecule has 2 aliphatic rings. The van der Waals surface area contributed by atoms with Crippen molar-refractivity contribution in [1.82, 2.24) is 19.7 Å². The van der Waals surface area contributed by atoms with Gasteiger partial charge in [0.15, 0.2) is 11.6 Å². The number of aromatic carboxylic acids is 1. The Labute approximate surface area is 209 Å². The Hall–Kier alpha value is -3.58. The molecule has 1 aromatic carbocycles. The lowest BCUT2D eigenvalue weighted by Crippen LogP contribution is -2.49. The standard InChI is InChI=1S/C23H25FN6O5S/c1-12-26-27-23(36-12)25-17(31)11-28-5-7-29(8-6-28)19-16(24)9-14-18(21(19)35-2)30(13-3-4-13)10-15(20(14)32)22(33)34/h9-10,13H,3-8,11H2,1-2H3,(H,33,34)(H,25,27,31). The number of rotatable bonds is 7. The first-order chi connectivity index (χ1) is 17.3. The predicted octanol–water partition coefficient (Wildman–Crippen LogP) is 2.10. The molecule has 1 aliphatic heterocycles. The number of nitrogens with one attached hydrogen (secondary N) is 1. The van der Waals surface area contributed by atoms with Crippen molar-refractivity contribution in [1.29, 1.82) is 0 Å². The van der Waals surface area contributed by atoms with E-state index in [9.17, 15) is 19.5 Å². The van der Waals surface area contributed by atoms with Crippen LogP contribution in [0.1, 0.15) is 34.2 Å². The minimum absolute atomic E-state index is 0.0119. The predicted molar refractivity (Wildman–Crippen MR) is 132 cm³/mol. The van der Waals surface area contributed by atoms with Gasteiger partial charge in [-0.3, -0.25) is 19.8 Å². The molecule has 1 aliphatic carbocycles. The number of hydrogen-bond acceptors (Lipinski definition) is 9. The minimum atomic E-state index is -1.35. The zero-order valence-corrected chi connectivity index (χ0v) is 20.6. The van der Waals surface area contributed by atoms with E-state index in [0.29, 0.717) is 36.8 Å². The maximum Gasteiger partial charge on any atom is 0.341 e. The molecule has 1 saturated carbocycles. The highest BCUT2D eigenvalue weighted by atomic mass is 32.1. The Morgan fingerprint density at radius 2 is 1.97 bits per heavy atom. The monoisotopic (exact) mass is 516 g/mol. The Morgan fingerprint density at radius 3 is 2.56 bits per heavy atom. The van der Waals surface area contributed by atoms with Gasteiger partial charge in [0.05, 0.1) is 24.6 Å². The number of nitrogens with zero attached hydrogens (tertiary/aromatic N) is 5. The van der Waals surface area contributed by atoms with Crippen LogP contribution in [-0.4, -0.2) is 76.5 Å². The molecule has 3 heterocycles. The summed E-state index contributed by atoms with van der Waals surface area (Å²) in [4.78, 5) is 40.7. The number of pyridine rings is 1. The number of carboxylic acids is 1. The number of hydrogen-bond donors (Lipinski definition) is 2. The SMILES string of the molecule is COc1c(N2CCN(CC(=O)Nc3nnc(C)s3)CC2)c(F)cc2c(=O)c(C(=O)O)cn(C3CC3)c12. The van der Waals surface area contributed by atoms with Crippen LogP contribution in [0.4, 0.5) is 15.2 Å². The second-order valence-electron chi connectivity index (χ2n) is 8.89. The van der Waals surface area contributed by atoms with Crippen molar-refractivity contribution in [2.75, 3.05) is 50.1 Å². The molecule has 2 aromatic heterocycles. The average molecular weight is 517 g/mol. The molecule has 190 valence electrons. The summed E-state index contributed by atoms with van der Waals surface area (Å²) in [7, 11) is 1.42. The van der Waals surface area contributed by atoms with E-state index in [0.717, 1.165) is 23.9 Å². The van der Waals surface area contributed by atoms with E-state index in [-0.39, 0.29) is 40.9 Å². The van der Waals surface area contributed by atoms with Crippen LogP contribution in [0.25, 0.3) is 10.9 Å². The van der Waals surface area contributed by atoms with Gasteiger partial charge in [0.2, 0.25) is 16.5 Å². The first-order valence-electron chi connectivity index (χ1n) is 11.5. The normalized spacial score (nSPS) is 16.4. The summed E-state index contributed by atoms with van der Waals surface area (Å²) in [6.45, 7) is 3.87. The molecule has 36 heavy (non-hydrogen) atoms. The highest BCUT2D eigenvalue weighted by molar-refractivity contribution is 7.15. The summed E-state index contributed by atoms with van der Waals surface area (Å²) in [5.74, 6) is -1.99. The van der Waals surface area contributed by atoms with E-state index in [1.54, 1.807) is 4.57 Å². The lowest BCUT2D eigenvalue weighted by atomic mass is 10.1. The van der Waals surface area contributed by atoms with Gasteiger partial charge in [-0.1, -0.05) is 11.3 Å². The first-order valence-corrected chi connectivity index (χ1v) is 12.3. The summed E-state index contributed by atoms with van der Waals surface area (Å²) >= 11 is 1.30. The Kier molecular flexibility index (Phi) is 6.35. The van der Waals surface area contributed by atoms with E-state index < -0.39 is 17.2 Å². The van der Waals surface area contributed by atoms with Crippen molar-refractivity contribution in [3.8, 4) is 5.75 Å². The molecular formula is C23H25FN6O5S. The van der Waals surface area contributed by atoms with Gasteiger partial charge in [0.25, 0.3) is 0 Å². The van der Waals surface area contributed by atoms with E-state index in [1.165, 1.54) is 24.6 Å². The number of anilines is 2. The molecule has 2 N–H and O–H groups in total. The van der Waals surface area contributed by atoms with Crippen LogP contribution in [0, 0.1) is 12.7 Å². The molecule has 13 heteroatoms. The first kappa shape index (κ1) is 24.1. The molecule has 0 radical (unpaired) electrons. The van der Waals surface area contributed by atoms with Crippen LogP contribution in [0.15, 0.2) is 17.1 Å². The summed E-state index contributed by atoms with van der Waals surface area (Å²) in [5.41, 5.74) is -0.491. The van der Waals surface area contributed by atoms with Gasteiger partial charge >= 0.3 is 5.97 Å².